The number of nitrogens with zero attached hydrogens (tertiary/aromatic N) is 4. The third-order valence-electron chi connectivity index (χ3n) is 4.83. The number of aromatic amines is 2. The van der Waals surface area contributed by atoms with Crippen LogP contribution in [0.5, 0.6) is 0 Å². The highest BCUT2D eigenvalue weighted by molar-refractivity contribution is 6.36. The Labute approximate surface area is 193 Å². The highest BCUT2D eigenvalue weighted by Gasteiger charge is 2.17. The average Bonchev–Trinajstić information content (AvgIpc) is 3.57. The number of aliphatic hydroxyl groups is 1. The van der Waals surface area contributed by atoms with E-state index >= 15 is 0 Å². The van der Waals surface area contributed by atoms with Crippen molar-refractivity contribution in [2.24, 2.45) is 5.92 Å². The summed E-state index contributed by atoms with van der Waals surface area (Å²) in [5.74, 6) is 0.949. The minimum Gasteiger partial charge on any atom is -0.388 e. The lowest BCUT2D eigenvalue weighted by Crippen LogP contribution is -2.35. The van der Waals surface area contributed by atoms with Gasteiger partial charge in [-0.3, -0.25) is 14.6 Å². The number of H-pyrrole nitrogens is 2. The number of rotatable bonds is 3. The van der Waals surface area contributed by atoms with Gasteiger partial charge in [-0.2, -0.15) is 10.2 Å². The zero-order chi connectivity index (χ0) is 23.8. The van der Waals surface area contributed by atoms with Crippen LogP contribution >= 0.6 is 0 Å². The fourth-order valence-corrected chi connectivity index (χ4v) is 2.99. The molecule has 2 saturated heterocycles. The predicted octanol–water partition coefficient (Wildman–Crippen LogP) is 0.800. The number of hydrogen-bond acceptors (Lipinski definition) is 8. The zero-order valence-corrected chi connectivity index (χ0v) is 18.4. The molecular weight excluding hydrogens is 424 g/mol. The average molecular weight is 449 g/mol. The molecular formula is C20H25B2N7O4. The number of nitrogens with one attached hydrogen (secondary N) is 3. The maximum absolute atomic E-state index is 11.7. The molecule has 170 valence electrons. The molecule has 4 N–H and O–H groups in total. The Morgan fingerprint density at radius 1 is 1.33 bits per heavy atom. The topological polar surface area (TPSA) is 154 Å². The van der Waals surface area contributed by atoms with Gasteiger partial charge < -0.3 is 24.9 Å². The van der Waals surface area contributed by atoms with E-state index in [1.54, 1.807) is 6.07 Å². The van der Waals surface area contributed by atoms with Crippen LogP contribution in [0.1, 0.15) is 31.9 Å². The van der Waals surface area contributed by atoms with Crippen molar-refractivity contribution in [2.45, 2.75) is 31.7 Å². The van der Waals surface area contributed by atoms with Crippen molar-refractivity contribution in [1.82, 2.24) is 24.7 Å². The second kappa shape index (κ2) is 11.2. The van der Waals surface area contributed by atoms with Crippen LogP contribution in [-0.4, -0.2) is 72.0 Å². The van der Waals surface area contributed by atoms with Gasteiger partial charge in [-0.25, -0.2) is 4.98 Å². The van der Waals surface area contributed by atoms with Crippen molar-refractivity contribution < 1.29 is 14.6 Å². The Kier molecular flexibility index (Phi) is 8.32. The van der Waals surface area contributed by atoms with Gasteiger partial charge in [0.15, 0.2) is 0 Å². The van der Waals surface area contributed by atoms with E-state index in [0.717, 1.165) is 37.0 Å². The molecule has 13 heteroatoms. The first-order chi connectivity index (χ1) is 15.8. The second-order valence-electron chi connectivity index (χ2n) is 7.84. The fraction of sp³-hybridized carbons (Fsp3) is 0.500. The lowest BCUT2D eigenvalue weighted by molar-refractivity contribution is 0.126. The first-order valence-electron chi connectivity index (χ1n) is 10.6. The van der Waals surface area contributed by atoms with Gasteiger partial charge in [-0.1, -0.05) is 6.92 Å². The Hall–Kier alpha value is -3.07. The summed E-state index contributed by atoms with van der Waals surface area (Å²) in [4.78, 5) is 22.7. The first kappa shape index (κ1) is 24.6. The molecule has 2 aliphatic rings. The molecule has 3 aromatic rings. The quantitative estimate of drug-likeness (QED) is 0.429. The van der Waals surface area contributed by atoms with Gasteiger partial charge in [0.05, 0.1) is 11.7 Å². The summed E-state index contributed by atoms with van der Waals surface area (Å²) in [5.41, 5.74) is -1.96. The van der Waals surface area contributed by atoms with Gasteiger partial charge in [-0.05, 0) is 31.2 Å². The van der Waals surface area contributed by atoms with Crippen molar-refractivity contribution >= 4 is 38.4 Å². The molecule has 0 aromatic carbocycles. The molecule has 5 heterocycles. The monoisotopic (exact) mass is 449 g/mol. The summed E-state index contributed by atoms with van der Waals surface area (Å²) in [6, 6.07) is 3.56. The molecule has 0 bridgehead atoms. The fourth-order valence-electron chi connectivity index (χ4n) is 2.99. The van der Waals surface area contributed by atoms with E-state index in [9.17, 15) is 9.90 Å². The Balaban J connectivity index is 0.000000226. The van der Waals surface area contributed by atoms with Crippen LogP contribution in [0.25, 0.3) is 11.0 Å². The highest BCUT2D eigenvalue weighted by Crippen LogP contribution is 2.16. The predicted molar refractivity (Wildman–Crippen MR) is 123 cm³/mol. The zero-order valence-electron chi connectivity index (χ0n) is 18.4. The molecule has 0 amide bonds. The van der Waals surface area contributed by atoms with Crippen LogP contribution in [0, 0.1) is 17.2 Å². The minimum absolute atomic E-state index is 0.0423. The molecule has 5 rings (SSSR count). The maximum Gasteiger partial charge on any atom is 0.287 e. The molecule has 0 saturated carbocycles. The number of fused-ring (bicyclic) bond motifs is 1. The van der Waals surface area contributed by atoms with Gasteiger partial charge in [0, 0.05) is 38.0 Å². The Morgan fingerprint density at radius 3 is 2.58 bits per heavy atom. The summed E-state index contributed by atoms with van der Waals surface area (Å²) in [6.07, 6.45) is 6.50. The number of nitriles is 1. The molecule has 3 aromatic heterocycles. The number of ether oxygens (including phenoxy) is 2. The Bertz CT molecular complexity index is 1130. The van der Waals surface area contributed by atoms with Crippen molar-refractivity contribution in [3.8, 4) is 6.07 Å². The molecule has 11 nitrogen and oxygen atoms in total. The van der Waals surface area contributed by atoms with Crippen molar-refractivity contribution in [2.75, 3.05) is 31.7 Å². The lowest BCUT2D eigenvalue weighted by Gasteiger charge is -2.19. The van der Waals surface area contributed by atoms with Gasteiger partial charge in [-0.15, -0.1) is 0 Å². The van der Waals surface area contributed by atoms with E-state index in [1.165, 1.54) is 31.7 Å². The van der Waals surface area contributed by atoms with Crippen LogP contribution in [0.15, 0.2) is 23.3 Å². The number of anilines is 2. The molecule has 0 spiro atoms. The van der Waals surface area contributed by atoms with Crippen LogP contribution in [0.2, 0.25) is 0 Å². The summed E-state index contributed by atoms with van der Waals surface area (Å²) in [5, 5.41) is 23.8. The number of aromatic nitrogens is 5. The summed E-state index contributed by atoms with van der Waals surface area (Å²) in [7, 11) is 10.5. The largest absolute Gasteiger partial charge is 0.388 e. The van der Waals surface area contributed by atoms with E-state index in [2.05, 4.69) is 32.3 Å². The van der Waals surface area contributed by atoms with E-state index in [0.29, 0.717) is 16.7 Å². The van der Waals surface area contributed by atoms with Gasteiger partial charge >= 0.3 is 0 Å². The van der Waals surface area contributed by atoms with Crippen molar-refractivity contribution in [3.63, 3.8) is 0 Å². The molecule has 2 aliphatic heterocycles. The molecule has 2 fully saturated rings. The molecule has 33 heavy (non-hydrogen) atoms. The smallest absolute Gasteiger partial charge is 0.287 e. The van der Waals surface area contributed by atoms with Gasteiger partial charge in [0.1, 0.15) is 38.8 Å². The van der Waals surface area contributed by atoms with Crippen LogP contribution in [-0.2, 0) is 15.0 Å². The third kappa shape index (κ3) is 7.21. The Morgan fingerprint density at radius 2 is 2.09 bits per heavy atom. The molecule has 1 unspecified atom stereocenters. The van der Waals surface area contributed by atoms with Crippen molar-refractivity contribution in [1.29, 1.82) is 5.26 Å². The normalized spacial score (nSPS) is 17.5. The third-order valence-corrected chi connectivity index (χ3v) is 4.83. The van der Waals surface area contributed by atoms with E-state index in [1.807, 2.05) is 6.07 Å². The van der Waals surface area contributed by atoms with E-state index < -0.39 is 11.1 Å². The molecule has 4 radical (unpaired) electrons. The SMILES string of the molecule is C1CCOC1.CC1CCOC1.[B]C([B])(O)n1cc(Nc2ncc3cc(C#N)[nH]c3n2)c(=O)[nH]1. The van der Waals surface area contributed by atoms with Crippen molar-refractivity contribution in [3.05, 3.63) is 34.5 Å². The highest BCUT2D eigenvalue weighted by atomic mass is 16.5. The van der Waals surface area contributed by atoms with Gasteiger partial charge in [0.2, 0.25) is 5.95 Å². The molecule has 0 aliphatic carbocycles. The summed E-state index contributed by atoms with van der Waals surface area (Å²) < 4.78 is 10.8. The van der Waals surface area contributed by atoms with Crippen LogP contribution in [0.3, 0.4) is 0 Å². The van der Waals surface area contributed by atoms with E-state index in [-0.39, 0.29) is 11.6 Å². The maximum atomic E-state index is 11.7. The lowest BCUT2D eigenvalue weighted by atomic mass is 9.73. The van der Waals surface area contributed by atoms with Crippen LogP contribution < -0.4 is 10.9 Å². The van der Waals surface area contributed by atoms with Gasteiger partial charge in [0.25, 0.3) is 5.56 Å². The first-order valence-corrected chi connectivity index (χ1v) is 10.6. The summed E-state index contributed by atoms with van der Waals surface area (Å²) in [6.45, 7) is 6.19. The van der Waals surface area contributed by atoms with Crippen LogP contribution in [0.4, 0.5) is 11.6 Å². The van der Waals surface area contributed by atoms with E-state index in [4.69, 9.17) is 30.4 Å². The number of hydrogen-bond donors (Lipinski definition) is 4. The standard InChI is InChI=1S/C11H7B2N7O2.C5H10O.C4H8O/c12-11(13,22)20-4-7(9(21)19-20)17-10-15-3-5-1-6(2-14)16-8(5)18-10;1-5-2-3-6-4-5;1-2-4-5-3-1/h1,3-4,22H,(H,19,21)(H2,15,16,17,18);5H,2-4H2,1H3;1-4H2. The minimum atomic E-state index is -2.23. The second-order valence-corrected chi connectivity index (χ2v) is 7.84. The summed E-state index contributed by atoms with van der Waals surface area (Å²) >= 11 is 0. The molecule has 1 atom stereocenters.